The Bertz CT molecular complexity index is 304. The molecule has 2 saturated heterocycles. The zero-order valence-electron chi connectivity index (χ0n) is 13.0. The molecule has 2 atom stereocenters. The molecule has 5 nitrogen and oxygen atoms in total. The average Bonchev–Trinajstić information content (AvgIpc) is 2.47. The smallest absolute Gasteiger partial charge is 0.220 e. The van der Waals surface area contributed by atoms with Gasteiger partial charge in [-0.3, -0.25) is 9.69 Å². The SMILES string of the molecule is CN1CCN(C)C(CNC(=O)CCC2CCCCN2)C1. The Balaban J connectivity index is 1.61. The Labute approximate surface area is 123 Å². The molecule has 0 aromatic rings. The normalized spacial score (nSPS) is 29.3. The lowest BCUT2D eigenvalue weighted by atomic mass is 10.0. The second-order valence-corrected chi connectivity index (χ2v) is 6.39. The van der Waals surface area contributed by atoms with Crippen molar-refractivity contribution >= 4 is 5.91 Å². The molecule has 0 bridgehead atoms. The minimum absolute atomic E-state index is 0.207. The van der Waals surface area contributed by atoms with Crippen molar-refractivity contribution in [1.29, 1.82) is 0 Å². The van der Waals surface area contributed by atoms with Crippen LogP contribution in [-0.4, -0.2) is 74.6 Å². The summed E-state index contributed by atoms with van der Waals surface area (Å²) < 4.78 is 0. The first-order valence-electron chi connectivity index (χ1n) is 8.04. The molecule has 2 aliphatic rings. The molecule has 5 heteroatoms. The van der Waals surface area contributed by atoms with E-state index in [2.05, 4.69) is 34.5 Å². The van der Waals surface area contributed by atoms with Crippen LogP contribution in [0.25, 0.3) is 0 Å². The van der Waals surface area contributed by atoms with Gasteiger partial charge in [-0.05, 0) is 39.9 Å². The van der Waals surface area contributed by atoms with Gasteiger partial charge in [0.25, 0.3) is 0 Å². The number of nitrogens with one attached hydrogen (secondary N) is 2. The molecule has 2 rings (SSSR count). The number of hydrogen-bond donors (Lipinski definition) is 2. The van der Waals surface area contributed by atoms with E-state index in [-0.39, 0.29) is 5.91 Å². The van der Waals surface area contributed by atoms with Gasteiger partial charge >= 0.3 is 0 Å². The van der Waals surface area contributed by atoms with E-state index in [0.717, 1.165) is 39.1 Å². The quantitative estimate of drug-likeness (QED) is 0.760. The molecule has 2 unspecified atom stereocenters. The van der Waals surface area contributed by atoms with Gasteiger partial charge in [0.05, 0.1) is 0 Å². The minimum atomic E-state index is 0.207. The van der Waals surface area contributed by atoms with E-state index >= 15 is 0 Å². The van der Waals surface area contributed by atoms with Crippen molar-refractivity contribution in [1.82, 2.24) is 20.4 Å². The van der Waals surface area contributed by atoms with E-state index in [1.165, 1.54) is 19.3 Å². The molecule has 116 valence electrons. The van der Waals surface area contributed by atoms with Gasteiger partial charge in [-0.15, -0.1) is 0 Å². The molecular formula is C15H30N4O. The Morgan fingerprint density at radius 2 is 2.15 bits per heavy atom. The number of piperidine rings is 1. The molecule has 2 heterocycles. The van der Waals surface area contributed by atoms with Gasteiger partial charge in [-0.25, -0.2) is 0 Å². The van der Waals surface area contributed by atoms with Gasteiger partial charge < -0.3 is 15.5 Å². The monoisotopic (exact) mass is 282 g/mol. The average molecular weight is 282 g/mol. The van der Waals surface area contributed by atoms with Gasteiger partial charge in [-0.1, -0.05) is 6.42 Å². The van der Waals surface area contributed by atoms with Crippen molar-refractivity contribution in [3.05, 3.63) is 0 Å². The lowest BCUT2D eigenvalue weighted by Gasteiger charge is -2.37. The third kappa shape index (κ3) is 5.04. The van der Waals surface area contributed by atoms with Crippen LogP contribution in [0.5, 0.6) is 0 Å². The Morgan fingerprint density at radius 3 is 2.90 bits per heavy atom. The van der Waals surface area contributed by atoms with Crippen molar-refractivity contribution in [2.45, 2.75) is 44.2 Å². The fourth-order valence-electron chi connectivity index (χ4n) is 3.12. The molecule has 1 amide bonds. The molecule has 0 aliphatic carbocycles. The van der Waals surface area contributed by atoms with Crippen LogP contribution < -0.4 is 10.6 Å². The molecule has 0 radical (unpaired) electrons. The predicted molar refractivity (Wildman–Crippen MR) is 81.8 cm³/mol. The lowest BCUT2D eigenvalue weighted by molar-refractivity contribution is -0.121. The molecule has 20 heavy (non-hydrogen) atoms. The summed E-state index contributed by atoms with van der Waals surface area (Å²) in [5, 5.41) is 6.61. The maximum atomic E-state index is 11.9. The van der Waals surface area contributed by atoms with Gasteiger partial charge in [0.15, 0.2) is 0 Å². The van der Waals surface area contributed by atoms with Crippen LogP contribution in [0.3, 0.4) is 0 Å². The molecule has 0 aromatic heterocycles. The largest absolute Gasteiger partial charge is 0.354 e. The van der Waals surface area contributed by atoms with Crippen LogP contribution in [0.15, 0.2) is 0 Å². The third-order valence-corrected chi connectivity index (χ3v) is 4.65. The van der Waals surface area contributed by atoms with Crippen LogP contribution in [0.1, 0.15) is 32.1 Å². The number of likely N-dealkylation sites (N-methyl/N-ethyl adjacent to an activating group) is 2. The number of amides is 1. The van der Waals surface area contributed by atoms with Crippen LogP contribution in [0.4, 0.5) is 0 Å². The number of carbonyl (C=O) groups is 1. The highest BCUT2D eigenvalue weighted by molar-refractivity contribution is 5.75. The second kappa shape index (κ2) is 7.96. The first kappa shape index (κ1) is 15.7. The maximum absolute atomic E-state index is 11.9. The standard InChI is InChI=1S/C15H30N4O/c1-18-9-10-19(2)14(12-18)11-17-15(20)7-6-13-5-3-4-8-16-13/h13-14,16H,3-12H2,1-2H3,(H,17,20). The summed E-state index contributed by atoms with van der Waals surface area (Å²) in [6.45, 7) is 5.14. The van der Waals surface area contributed by atoms with E-state index in [1.54, 1.807) is 0 Å². The van der Waals surface area contributed by atoms with Crippen molar-refractivity contribution in [2.24, 2.45) is 0 Å². The van der Waals surface area contributed by atoms with Crippen LogP contribution >= 0.6 is 0 Å². The Morgan fingerprint density at radius 1 is 1.30 bits per heavy atom. The van der Waals surface area contributed by atoms with Crippen LogP contribution in [0, 0.1) is 0 Å². The molecule has 2 N–H and O–H groups in total. The van der Waals surface area contributed by atoms with Crippen molar-refractivity contribution < 1.29 is 4.79 Å². The highest BCUT2D eigenvalue weighted by Crippen LogP contribution is 2.11. The number of nitrogens with zero attached hydrogens (tertiary/aromatic N) is 2. The van der Waals surface area contributed by atoms with E-state index in [4.69, 9.17) is 0 Å². The number of carbonyl (C=O) groups excluding carboxylic acids is 1. The molecule has 2 fully saturated rings. The van der Waals surface area contributed by atoms with Crippen LogP contribution in [0.2, 0.25) is 0 Å². The zero-order chi connectivity index (χ0) is 14.4. The van der Waals surface area contributed by atoms with Crippen molar-refractivity contribution in [3.63, 3.8) is 0 Å². The third-order valence-electron chi connectivity index (χ3n) is 4.65. The molecule has 0 saturated carbocycles. The maximum Gasteiger partial charge on any atom is 0.220 e. The van der Waals surface area contributed by atoms with E-state index in [0.29, 0.717) is 18.5 Å². The van der Waals surface area contributed by atoms with Gasteiger partial charge in [-0.2, -0.15) is 0 Å². The summed E-state index contributed by atoms with van der Waals surface area (Å²) in [5.74, 6) is 0.207. The first-order valence-corrected chi connectivity index (χ1v) is 8.04. The summed E-state index contributed by atoms with van der Waals surface area (Å²) >= 11 is 0. The van der Waals surface area contributed by atoms with E-state index in [9.17, 15) is 4.79 Å². The van der Waals surface area contributed by atoms with Crippen LogP contribution in [-0.2, 0) is 4.79 Å². The highest BCUT2D eigenvalue weighted by Gasteiger charge is 2.22. The fraction of sp³-hybridized carbons (Fsp3) is 0.933. The topological polar surface area (TPSA) is 47.6 Å². The summed E-state index contributed by atoms with van der Waals surface area (Å²) in [5.41, 5.74) is 0. The zero-order valence-corrected chi connectivity index (χ0v) is 13.0. The number of rotatable bonds is 5. The molecular weight excluding hydrogens is 252 g/mol. The minimum Gasteiger partial charge on any atom is -0.354 e. The summed E-state index contributed by atoms with van der Waals surface area (Å²) in [6.07, 6.45) is 5.45. The van der Waals surface area contributed by atoms with Gasteiger partial charge in [0.2, 0.25) is 5.91 Å². The van der Waals surface area contributed by atoms with Gasteiger partial charge in [0.1, 0.15) is 0 Å². The highest BCUT2D eigenvalue weighted by atomic mass is 16.1. The van der Waals surface area contributed by atoms with E-state index < -0.39 is 0 Å². The first-order chi connectivity index (χ1) is 9.65. The lowest BCUT2D eigenvalue weighted by Crippen LogP contribution is -2.54. The summed E-state index contributed by atoms with van der Waals surface area (Å²) in [4.78, 5) is 16.6. The van der Waals surface area contributed by atoms with E-state index in [1.807, 2.05) is 0 Å². The molecule has 0 spiro atoms. The molecule has 2 aliphatic heterocycles. The fourth-order valence-corrected chi connectivity index (χ4v) is 3.12. The number of hydrogen-bond acceptors (Lipinski definition) is 4. The van der Waals surface area contributed by atoms with Crippen molar-refractivity contribution in [3.8, 4) is 0 Å². The predicted octanol–water partition coefficient (Wildman–Crippen LogP) is 0.271. The summed E-state index contributed by atoms with van der Waals surface area (Å²) in [6, 6.07) is 1.00. The molecule has 0 aromatic carbocycles. The second-order valence-electron chi connectivity index (χ2n) is 6.39. The summed E-state index contributed by atoms with van der Waals surface area (Å²) in [7, 11) is 4.30. The Kier molecular flexibility index (Phi) is 6.26. The Hall–Kier alpha value is -0.650. The number of piperazine rings is 1. The van der Waals surface area contributed by atoms with Gasteiger partial charge in [0, 0.05) is 44.7 Å². The van der Waals surface area contributed by atoms with Crippen molar-refractivity contribution in [2.75, 3.05) is 46.8 Å².